The van der Waals surface area contributed by atoms with Crippen LogP contribution in [-0.4, -0.2) is 31.1 Å². The highest BCUT2D eigenvalue weighted by Gasteiger charge is 2.27. The molecule has 0 amide bonds. The van der Waals surface area contributed by atoms with Crippen LogP contribution < -0.4 is 5.32 Å². The quantitative estimate of drug-likeness (QED) is 0.763. The first-order valence-electron chi connectivity index (χ1n) is 5.17. The SMILES string of the molecule is Cc1ccsc1C1CNCC(C)N1C. The van der Waals surface area contributed by atoms with Crippen LogP contribution in [0.4, 0.5) is 0 Å². The van der Waals surface area contributed by atoms with Crippen molar-refractivity contribution >= 4 is 11.3 Å². The van der Waals surface area contributed by atoms with Crippen molar-refractivity contribution in [1.29, 1.82) is 0 Å². The topological polar surface area (TPSA) is 15.3 Å². The molecule has 1 aromatic rings. The number of likely N-dealkylation sites (N-methyl/N-ethyl adjacent to an activating group) is 1. The van der Waals surface area contributed by atoms with E-state index in [0.717, 1.165) is 13.1 Å². The number of nitrogens with zero attached hydrogens (tertiary/aromatic N) is 1. The van der Waals surface area contributed by atoms with Gasteiger partial charge in [0.2, 0.25) is 0 Å². The van der Waals surface area contributed by atoms with Crippen molar-refractivity contribution < 1.29 is 0 Å². The standard InChI is InChI=1S/C11H18N2S/c1-8-4-5-14-11(8)10-7-12-6-9(2)13(10)3/h4-5,9-10,12H,6-7H2,1-3H3. The molecule has 1 fully saturated rings. The summed E-state index contributed by atoms with van der Waals surface area (Å²) in [5.41, 5.74) is 1.43. The predicted molar refractivity (Wildman–Crippen MR) is 61.9 cm³/mol. The smallest absolute Gasteiger partial charge is 0.0569 e. The van der Waals surface area contributed by atoms with E-state index in [9.17, 15) is 0 Å². The third-order valence-electron chi connectivity index (χ3n) is 3.17. The van der Waals surface area contributed by atoms with Crippen LogP contribution >= 0.6 is 11.3 Å². The molecule has 0 saturated carbocycles. The molecule has 14 heavy (non-hydrogen) atoms. The molecular weight excluding hydrogens is 192 g/mol. The van der Waals surface area contributed by atoms with Crippen LogP contribution in [0.5, 0.6) is 0 Å². The highest BCUT2D eigenvalue weighted by atomic mass is 32.1. The summed E-state index contributed by atoms with van der Waals surface area (Å²) >= 11 is 1.88. The lowest BCUT2D eigenvalue weighted by molar-refractivity contribution is 0.143. The summed E-state index contributed by atoms with van der Waals surface area (Å²) in [6.07, 6.45) is 0. The molecule has 0 radical (unpaired) electrons. The van der Waals surface area contributed by atoms with Crippen LogP contribution in [-0.2, 0) is 0 Å². The molecule has 0 aliphatic carbocycles. The van der Waals surface area contributed by atoms with E-state index in [1.165, 1.54) is 10.4 Å². The zero-order valence-corrected chi connectivity index (χ0v) is 9.90. The average Bonchev–Trinajstić information content (AvgIpc) is 2.57. The molecule has 2 unspecified atom stereocenters. The van der Waals surface area contributed by atoms with Gasteiger partial charge >= 0.3 is 0 Å². The van der Waals surface area contributed by atoms with Crippen LogP contribution in [0.1, 0.15) is 23.4 Å². The number of aryl methyl sites for hydroxylation is 1. The van der Waals surface area contributed by atoms with Crippen molar-refractivity contribution in [2.75, 3.05) is 20.1 Å². The molecule has 0 spiro atoms. The molecular formula is C11H18N2S. The zero-order chi connectivity index (χ0) is 10.1. The molecule has 3 heteroatoms. The Morgan fingerprint density at radius 1 is 1.50 bits per heavy atom. The Bertz CT molecular complexity index is 308. The lowest BCUT2D eigenvalue weighted by atomic mass is 10.1. The number of nitrogens with one attached hydrogen (secondary N) is 1. The van der Waals surface area contributed by atoms with E-state index in [1.54, 1.807) is 0 Å². The second-order valence-electron chi connectivity index (χ2n) is 4.16. The van der Waals surface area contributed by atoms with E-state index in [0.29, 0.717) is 12.1 Å². The molecule has 1 aromatic heterocycles. The van der Waals surface area contributed by atoms with Gasteiger partial charge in [0.05, 0.1) is 6.04 Å². The lowest BCUT2D eigenvalue weighted by Gasteiger charge is -2.38. The first-order chi connectivity index (χ1) is 6.70. The van der Waals surface area contributed by atoms with Crippen molar-refractivity contribution in [3.05, 3.63) is 21.9 Å². The van der Waals surface area contributed by atoms with Crippen LogP contribution in [0.3, 0.4) is 0 Å². The average molecular weight is 210 g/mol. The van der Waals surface area contributed by atoms with Crippen LogP contribution in [0.2, 0.25) is 0 Å². The second-order valence-corrected chi connectivity index (χ2v) is 5.10. The molecule has 78 valence electrons. The number of hydrogen-bond donors (Lipinski definition) is 1. The maximum Gasteiger partial charge on any atom is 0.0569 e. The molecule has 1 saturated heterocycles. The van der Waals surface area contributed by atoms with Gasteiger partial charge in [-0.15, -0.1) is 11.3 Å². The molecule has 0 bridgehead atoms. The van der Waals surface area contributed by atoms with E-state index in [2.05, 4.69) is 42.6 Å². The molecule has 2 nitrogen and oxygen atoms in total. The number of thiophene rings is 1. The Hall–Kier alpha value is -0.380. The van der Waals surface area contributed by atoms with E-state index in [1.807, 2.05) is 11.3 Å². The van der Waals surface area contributed by atoms with Gasteiger partial charge in [-0.1, -0.05) is 0 Å². The molecule has 1 N–H and O–H groups in total. The summed E-state index contributed by atoms with van der Waals surface area (Å²) < 4.78 is 0. The third kappa shape index (κ3) is 1.72. The summed E-state index contributed by atoms with van der Waals surface area (Å²) in [7, 11) is 2.23. The van der Waals surface area contributed by atoms with E-state index in [4.69, 9.17) is 0 Å². The second kappa shape index (κ2) is 4.01. The van der Waals surface area contributed by atoms with Gasteiger partial charge in [-0.2, -0.15) is 0 Å². The van der Waals surface area contributed by atoms with Crippen molar-refractivity contribution in [1.82, 2.24) is 10.2 Å². The van der Waals surface area contributed by atoms with E-state index >= 15 is 0 Å². The highest BCUT2D eigenvalue weighted by molar-refractivity contribution is 7.10. The van der Waals surface area contributed by atoms with Crippen molar-refractivity contribution in [2.45, 2.75) is 25.9 Å². The monoisotopic (exact) mass is 210 g/mol. The summed E-state index contributed by atoms with van der Waals surface area (Å²) in [5.74, 6) is 0. The van der Waals surface area contributed by atoms with Crippen molar-refractivity contribution in [3.8, 4) is 0 Å². The Morgan fingerprint density at radius 3 is 2.93 bits per heavy atom. The Labute approximate surface area is 89.9 Å². The molecule has 1 aliphatic heterocycles. The zero-order valence-electron chi connectivity index (χ0n) is 9.08. The first kappa shape index (κ1) is 10.1. The fraction of sp³-hybridized carbons (Fsp3) is 0.636. The maximum absolute atomic E-state index is 3.50. The summed E-state index contributed by atoms with van der Waals surface area (Å²) in [5, 5.41) is 5.69. The lowest BCUT2D eigenvalue weighted by Crippen LogP contribution is -2.49. The maximum atomic E-state index is 3.50. The van der Waals surface area contributed by atoms with Gasteiger partial charge < -0.3 is 5.32 Å². The molecule has 2 rings (SSSR count). The fourth-order valence-corrected chi connectivity index (χ4v) is 3.11. The highest BCUT2D eigenvalue weighted by Crippen LogP contribution is 2.30. The van der Waals surface area contributed by atoms with Crippen LogP contribution in [0, 0.1) is 6.92 Å². The molecule has 2 atom stereocenters. The molecule has 2 heterocycles. The van der Waals surface area contributed by atoms with E-state index in [-0.39, 0.29) is 0 Å². The summed E-state index contributed by atoms with van der Waals surface area (Å²) in [4.78, 5) is 4.00. The summed E-state index contributed by atoms with van der Waals surface area (Å²) in [6.45, 7) is 6.68. The van der Waals surface area contributed by atoms with Gasteiger partial charge in [0.15, 0.2) is 0 Å². The number of hydrogen-bond acceptors (Lipinski definition) is 3. The van der Waals surface area contributed by atoms with Gasteiger partial charge in [0.25, 0.3) is 0 Å². The predicted octanol–water partition coefficient (Wildman–Crippen LogP) is 2.02. The number of piperazine rings is 1. The largest absolute Gasteiger partial charge is 0.313 e. The molecule has 0 aromatic carbocycles. The third-order valence-corrected chi connectivity index (χ3v) is 4.29. The van der Waals surface area contributed by atoms with Gasteiger partial charge in [-0.25, -0.2) is 0 Å². The van der Waals surface area contributed by atoms with E-state index < -0.39 is 0 Å². The summed E-state index contributed by atoms with van der Waals surface area (Å²) in [6, 6.07) is 3.42. The van der Waals surface area contributed by atoms with Crippen LogP contribution in [0.25, 0.3) is 0 Å². The van der Waals surface area contributed by atoms with Gasteiger partial charge in [0, 0.05) is 24.0 Å². The number of rotatable bonds is 1. The fourth-order valence-electron chi connectivity index (χ4n) is 2.03. The Balaban J connectivity index is 2.21. The minimum Gasteiger partial charge on any atom is -0.313 e. The van der Waals surface area contributed by atoms with Crippen molar-refractivity contribution in [2.24, 2.45) is 0 Å². The van der Waals surface area contributed by atoms with Gasteiger partial charge in [0.1, 0.15) is 0 Å². The minimum atomic E-state index is 0.568. The normalized spacial score (nSPS) is 29.4. The van der Waals surface area contributed by atoms with Gasteiger partial charge in [-0.3, -0.25) is 4.90 Å². The van der Waals surface area contributed by atoms with Crippen LogP contribution in [0.15, 0.2) is 11.4 Å². The minimum absolute atomic E-state index is 0.568. The first-order valence-corrected chi connectivity index (χ1v) is 6.04. The Kier molecular flexibility index (Phi) is 2.91. The van der Waals surface area contributed by atoms with Gasteiger partial charge in [-0.05, 0) is 37.9 Å². The van der Waals surface area contributed by atoms with Crippen molar-refractivity contribution in [3.63, 3.8) is 0 Å². The molecule has 1 aliphatic rings. The Morgan fingerprint density at radius 2 is 2.29 bits per heavy atom.